The number of H-pyrrole nitrogens is 1. The number of carbonyl (C=O) groups is 1. The number of aryl methyl sites for hydroxylation is 2. The molecule has 2 heterocycles. The van der Waals surface area contributed by atoms with Crippen molar-refractivity contribution in [1.29, 1.82) is 0 Å². The number of nitrogens with one attached hydrogen (secondary N) is 1. The lowest BCUT2D eigenvalue weighted by Gasteiger charge is -2.34. The van der Waals surface area contributed by atoms with Gasteiger partial charge >= 0.3 is 0 Å². The highest BCUT2D eigenvalue weighted by Gasteiger charge is 2.33. The fourth-order valence-corrected chi connectivity index (χ4v) is 5.59. The van der Waals surface area contributed by atoms with E-state index in [0.29, 0.717) is 10.5 Å². The van der Waals surface area contributed by atoms with Crippen LogP contribution in [0.3, 0.4) is 0 Å². The van der Waals surface area contributed by atoms with Crippen molar-refractivity contribution in [2.24, 2.45) is 0 Å². The highest BCUT2D eigenvalue weighted by Crippen LogP contribution is 2.29. The number of sulfonamides is 1. The number of pyridine rings is 1. The van der Waals surface area contributed by atoms with E-state index in [2.05, 4.69) is 4.98 Å². The molecule has 0 aliphatic carbocycles. The van der Waals surface area contributed by atoms with Crippen LogP contribution in [0.5, 0.6) is 0 Å². The highest BCUT2D eigenvalue weighted by atomic mass is 32.2. The summed E-state index contributed by atoms with van der Waals surface area (Å²) in [5.74, 6) is -0.262. The molecule has 0 bridgehead atoms. The molecule has 3 rings (SSSR count). The zero-order chi connectivity index (χ0) is 20.6. The summed E-state index contributed by atoms with van der Waals surface area (Å²) in [5, 5.41) is 0. The molecule has 1 amide bonds. The number of rotatable bonds is 3. The third-order valence-corrected chi connectivity index (χ3v) is 7.62. The Balaban J connectivity index is 1.82. The Morgan fingerprint density at radius 3 is 2.07 bits per heavy atom. The van der Waals surface area contributed by atoms with Crippen molar-refractivity contribution < 1.29 is 13.2 Å². The smallest absolute Gasteiger partial charge is 0.254 e. The molecule has 0 atom stereocenters. The van der Waals surface area contributed by atoms with Gasteiger partial charge in [-0.15, -0.1) is 0 Å². The van der Waals surface area contributed by atoms with Crippen LogP contribution in [0.2, 0.25) is 0 Å². The molecule has 8 heteroatoms. The van der Waals surface area contributed by atoms with E-state index in [-0.39, 0.29) is 37.6 Å². The zero-order valence-corrected chi connectivity index (χ0v) is 17.4. The van der Waals surface area contributed by atoms with Gasteiger partial charge in [0.2, 0.25) is 15.6 Å². The molecule has 1 N–H and O–H groups in total. The Hall–Kier alpha value is -2.45. The van der Waals surface area contributed by atoms with Gasteiger partial charge in [-0.2, -0.15) is 4.31 Å². The second kappa shape index (κ2) is 7.52. The van der Waals surface area contributed by atoms with Crippen molar-refractivity contribution in [3.63, 3.8) is 0 Å². The van der Waals surface area contributed by atoms with Gasteiger partial charge in [-0.05, 0) is 56.0 Å². The van der Waals surface area contributed by atoms with Crippen LogP contribution in [0, 0.1) is 27.7 Å². The molecule has 1 aliphatic rings. The summed E-state index contributed by atoms with van der Waals surface area (Å²) >= 11 is 0. The molecule has 2 aromatic rings. The van der Waals surface area contributed by atoms with Crippen molar-refractivity contribution in [2.45, 2.75) is 32.6 Å². The van der Waals surface area contributed by atoms with E-state index in [1.165, 1.54) is 16.6 Å². The van der Waals surface area contributed by atoms with Crippen molar-refractivity contribution in [3.8, 4) is 0 Å². The molecular formula is C20H25N3O4S. The third-order valence-electron chi connectivity index (χ3n) is 5.44. The average Bonchev–Trinajstić information content (AvgIpc) is 2.66. The normalized spacial score (nSPS) is 15.6. The van der Waals surface area contributed by atoms with Gasteiger partial charge in [0.15, 0.2) is 0 Å². The van der Waals surface area contributed by atoms with E-state index in [9.17, 15) is 18.0 Å². The summed E-state index contributed by atoms with van der Waals surface area (Å²) in [6, 6.07) is 4.81. The van der Waals surface area contributed by atoms with E-state index in [1.807, 2.05) is 33.8 Å². The SMILES string of the molecule is Cc1cc(C)c(C)c(S(=O)(=O)N2CCN(C(=O)c3cc[nH]c(=O)c3)CC2)c1C. The van der Waals surface area contributed by atoms with Crippen molar-refractivity contribution >= 4 is 15.9 Å². The average molecular weight is 404 g/mol. The molecule has 0 spiro atoms. The van der Waals surface area contributed by atoms with Gasteiger partial charge in [0, 0.05) is 44.0 Å². The second-order valence-electron chi connectivity index (χ2n) is 7.23. The summed E-state index contributed by atoms with van der Waals surface area (Å²) in [4.78, 5) is 28.4. The molecule has 1 saturated heterocycles. The van der Waals surface area contributed by atoms with Crippen molar-refractivity contribution in [2.75, 3.05) is 26.2 Å². The fourth-order valence-electron chi connectivity index (χ4n) is 3.59. The van der Waals surface area contributed by atoms with Gasteiger partial charge < -0.3 is 9.88 Å². The summed E-state index contributed by atoms with van der Waals surface area (Å²) in [5.41, 5.74) is 3.40. The molecule has 1 aromatic heterocycles. The lowest BCUT2D eigenvalue weighted by molar-refractivity contribution is 0.0697. The first-order chi connectivity index (χ1) is 13.1. The Morgan fingerprint density at radius 2 is 1.54 bits per heavy atom. The van der Waals surface area contributed by atoms with Gasteiger partial charge in [0.25, 0.3) is 5.91 Å². The number of aromatic nitrogens is 1. The monoisotopic (exact) mass is 403 g/mol. The minimum Gasteiger partial charge on any atom is -0.336 e. The zero-order valence-electron chi connectivity index (χ0n) is 16.6. The van der Waals surface area contributed by atoms with Crippen LogP contribution >= 0.6 is 0 Å². The van der Waals surface area contributed by atoms with Gasteiger partial charge in [-0.1, -0.05) is 6.07 Å². The lowest BCUT2D eigenvalue weighted by Crippen LogP contribution is -2.50. The molecule has 28 heavy (non-hydrogen) atoms. The minimum atomic E-state index is -3.65. The highest BCUT2D eigenvalue weighted by molar-refractivity contribution is 7.89. The quantitative estimate of drug-likeness (QED) is 0.845. The number of amides is 1. The summed E-state index contributed by atoms with van der Waals surface area (Å²) in [6.07, 6.45) is 1.43. The van der Waals surface area contributed by atoms with Crippen LogP contribution in [-0.4, -0.2) is 54.7 Å². The maximum atomic E-state index is 13.3. The van der Waals surface area contributed by atoms with E-state index in [1.54, 1.807) is 11.0 Å². The number of hydrogen-bond acceptors (Lipinski definition) is 4. The van der Waals surface area contributed by atoms with Gasteiger partial charge in [-0.25, -0.2) is 8.42 Å². The first-order valence-corrected chi connectivity index (χ1v) is 10.6. The predicted octanol–water partition coefficient (Wildman–Crippen LogP) is 1.76. The van der Waals surface area contributed by atoms with Crippen LogP contribution in [0.25, 0.3) is 0 Å². The Labute approximate surface area is 165 Å². The maximum Gasteiger partial charge on any atom is 0.254 e. The number of hydrogen-bond donors (Lipinski definition) is 1. The van der Waals surface area contributed by atoms with Crippen LogP contribution < -0.4 is 5.56 Å². The van der Waals surface area contributed by atoms with Crippen molar-refractivity contribution in [1.82, 2.24) is 14.2 Å². The molecule has 7 nitrogen and oxygen atoms in total. The fraction of sp³-hybridized carbons (Fsp3) is 0.400. The first-order valence-electron chi connectivity index (χ1n) is 9.18. The number of benzene rings is 1. The maximum absolute atomic E-state index is 13.3. The number of nitrogens with zero attached hydrogens (tertiary/aromatic N) is 2. The topological polar surface area (TPSA) is 90.6 Å². The van der Waals surface area contributed by atoms with E-state index < -0.39 is 10.0 Å². The van der Waals surface area contributed by atoms with Crippen LogP contribution in [0.1, 0.15) is 32.6 Å². The van der Waals surface area contributed by atoms with E-state index in [4.69, 9.17) is 0 Å². The Bertz CT molecular complexity index is 1050. The van der Waals surface area contributed by atoms with Gasteiger partial charge in [-0.3, -0.25) is 9.59 Å². The van der Waals surface area contributed by atoms with Gasteiger partial charge in [0.05, 0.1) is 4.90 Å². The first kappa shape index (κ1) is 20.3. The van der Waals surface area contributed by atoms with E-state index in [0.717, 1.165) is 22.3 Å². The molecule has 150 valence electrons. The third kappa shape index (κ3) is 3.62. The summed E-state index contributed by atoms with van der Waals surface area (Å²) in [6.45, 7) is 8.52. The van der Waals surface area contributed by atoms with Gasteiger partial charge in [0.1, 0.15) is 0 Å². The summed E-state index contributed by atoms with van der Waals surface area (Å²) < 4.78 is 28.1. The Kier molecular flexibility index (Phi) is 5.45. The predicted molar refractivity (Wildman–Crippen MR) is 107 cm³/mol. The molecule has 0 radical (unpaired) electrons. The van der Waals surface area contributed by atoms with E-state index >= 15 is 0 Å². The lowest BCUT2D eigenvalue weighted by atomic mass is 10.0. The molecule has 1 fully saturated rings. The summed E-state index contributed by atoms with van der Waals surface area (Å²) in [7, 11) is -3.65. The number of piperazine rings is 1. The Morgan fingerprint density at radius 1 is 0.964 bits per heavy atom. The molecule has 0 saturated carbocycles. The van der Waals surface area contributed by atoms with Crippen LogP contribution in [0.4, 0.5) is 0 Å². The standard InChI is InChI=1S/C20H25N3O4S/c1-13-11-14(2)16(4)19(15(13)3)28(26,27)23-9-7-22(8-10-23)20(25)17-5-6-21-18(24)12-17/h5-6,11-12H,7-10H2,1-4H3,(H,21,24). The molecular weight excluding hydrogens is 378 g/mol. The van der Waals surface area contributed by atoms with Crippen molar-refractivity contribution in [3.05, 3.63) is 62.6 Å². The van der Waals surface area contributed by atoms with Crippen LogP contribution in [-0.2, 0) is 10.0 Å². The van der Waals surface area contributed by atoms with Crippen LogP contribution in [0.15, 0.2) is 34.1 Å². The molecule has 0 unspecified atom stereocenters. The largest absolute Gasteiger partial charge is 0.336 e. The second-order valence-corrected chi connectivity index (χ2v) is 9.10. The molecule has 1 aliphatic heterocycles. The number of aromatic amines is 1. The minimum absolute atomic E-state index is 0.225. The number of carbonyl (C=O) groups excluding carboxylic acids is 1. The molecule has 1 aromatic carbocycles.